The Morgan fingerprint density at radius 3 is 2.67 bits per heavy atom. The maximum Gasteiger partial charge on any atom is 0.123 e. The van der Waals surface area contributed by atoms with Crippen molar-refractivity contribution in [1.29, 1.82) is 0 Å². The van der Waals surface area contributed by atoms with Crippen LogP contribution in [0.25, 0.3) is 10.6 Å². The third-order valence-electron chi connectivity index (χ3n) is 2.68. The largest absolute Gasteiger partial charge is 0.244 e. The van der Waals surface area contributed by atoms with Crippen LogP contribution in [0, 0.1) is 13.8 Å². The van der Waals surface area contributed by atoms with E-state index < -0.39 is 0 Å². The Morgan fingerprint density at radius 1 is 1.27 bits per heavy atom. The highest BCUT2D eigenvalue weighted by Crippen LogP contribution is 2.29. The molecule has 1 heterocycles. The number of aryl methyl sites for hydroxylation is 2. The maximum atomic E-state index is 4.44. The highest BCUT2D eigenvalue weighted by atomic mass is 32.1. The molecule has 0 amide bonds. The fourth-order valence-corrected chi connectivity index (χ4v) is 2.62. The zero-order valence-corrected chi connectivity index (χ0v) is 10.2. The van der Waals surface area contributed by atoms with Gasteiger partial charge in [0.2, 0.25) is 0 Å². The Balaban J connectivity index is 2.53. The second kappa shape index (κ2) is 4.15. The molecule has 1 nitrogen and oxygen atoms in total. The average Bonchev–Trinajstić information content (AvgIpc) is 2.65. The van der Waals surface area contributed by atoms with Crippen LogP contribution in [0.5, 0.6) is 0 Å². The Kier molecular flexibility index (Phi) is 2.87. The summed E-state index contributed by atoms with van der Waals surface area (Å²) >= 11 is 1.76. The van der Waals surface area contributed by atoms with Crippen LogP contribution in [0.2, 0.25) is 0 Å². The van der Waals surface area contributed by atoms with Gasteiger partial charge in [0, 0.05) is 16.6 Å². The Morgan fingerprint density at radius 2 is 2.07 bits per heavy atom. The molecule has 0 saturated heterocycles. The number of aromatic nitrogens is 1. The monoisotopic (exact) mass is 217 g/mol. The molecule has 0 atom stereocenters. The van der Waals surface area contributed by atoms with Gasteiger partial charge in [-0.2, -0.15) is 0 Å². The molecule has 2 heteroatoms. The lowest BCUT2D eigenvalue weighted by Gasteiger charge is -2.07. The number of hydrogen-bond acceptors (Lipinski definition) is 2. The van der Waals surface area contributed by atoms with Crippen LogP contribution in [-0.4, -0.2) is 4.98 Å². The molecule has 0 N–H and O–H groups in total. The van der Waals surface area contributed by atoms with Gasteiger partial charge in [-0.3, -0.25) is 0 Å². The second-order valence-corrected chi connectivity index (χ2v) is 4.95. The molecule has 0 spiro atoms. The van der Waals surface area contributed by atoms with Crippen molar-refractivity contribution in [2.24, 2.45) is 0 Å². The lowest BCUT2D eigenvalue weighted by Crippen LogP contribution is -1.89. The van der Waals surface area contributed by atoms with Gasteiger partial charge in [-0.1, -0.05) is 25.1 Å². The molecule has 0 saturated carbocycles. The minimum absolute atomic E-state index is 1.09. The van der Waals surface area contributed by atoms with Gasteiger partial charge in [-0.05, 0) is 31.4 Å². The summed E-state index contributed by atoms with van der Waals surface area (Å²) in [6, 6.07) is 6.48. The fourth-order valence-electron chi connectivity index (χ4n) is 1.78. The van der Waals surface area contributed by atoms with E-state index in [9.17, 15) is 0 Å². The van der Waals surface area contributed by atoms with E-state index in [-0.39, 0.29) is 0 Å². The molecule has 0 unspecified atom stereocenters. The van der Waals surface area contributed by atoms with Crippen LogP contribution in [-0.2, 0) is 6.42 Å². The van der Waals surface area contributed by atoms with E-state index in [1.54, 1.807) is 11.3 Å². The zero-order chi connectivity index (χ0) is 10.8. The number of benzene rings is 1. The molecule has 0 aliphatic carbocycles. The maximum absolute atomic E-state index is 4.44. The van der Waals surface area contributed by atoms with E-state index in [4.69, 9.17) is 0 Å². The molecule has 0 aliphatic rings. The van der Waals surface area contributed by atoms with Crippen molar-refractivity contribution in [3.8, 4) is 10.6 Å². The van der Waals surface area contributed by atoms with Crippen LogP contribution < -0.4 is 0 Å². The molecule has 15 heavy (non-hydrogen) atoms. The quantitative estimate of drug-likeness (QED) is 0.741. The molecule has 0 aliphatic heterocycles. The lowest BCUT2D eigenvalue weighted by atomic mass is 10.0. The van der Waals surface area contributed by atoms with Crippen LogP contribution in [0.15, 0.2) is 24.4 Å². The van der Waals surface area contributed by atoms with Crippen molar-refractivity contribution in [3.05, 3.63) is 40.4 Å². The number of thiazole rings is 1. The van der Waals surface area contributed by atoms with E-state index in [1.165, 1.54) is 21.6 Å². The minimum atomic E-state index is 1.09. The Bertz CT molecular complexity index is 471. The molecule has 1 aromatic carbocycles. The van der Waals surface area contributed by atoms with E-state index >= 15 is 0 Å². The SMILES string of the molecule is CCc1cccc(-c2ncc(C)s2)c1C. The van der Waals surface area contributed by atoms with Gasteiger partial charge in [0.1, 0.15) is 5.01 Å². The average molecular weight is 217 g/mol. The highest BCUT2D eigenvalue weighted by molar-refractivity contribution is 7.14. The van der Waals surface area contributed by atoms with Crippen LogP contribution in [0.1, 0.15) is 22.9 Å². The van der Waals surface area contributed by atoms with Crippen molar-refractivity contribution < 1.29 is 0 Å². The predicted molar refractivity (Wildman–Crippen MR) is 66.4 cm³/mol. The summed E-state index contributed by atoms with van der Waals surface area (Å²) in [5.41, 5.74) is 4.07. The van der Waals surface area contributed by atoms with E-state index in [2.05, 4.69) is 44.0 Å². The summed E-state index contributed by atoms with van der Waals surface area (Å²) in [5.74, 6) is 0. The van der Waals surface area contributed by atoms with Crippen molar-refractivity contribution in [1.82, 2.24) is 4.98 Å². The second-order valence-electron chi connectivity index (χ2n) is 3.72. The van der Waals surface area contributed by atoms with Gasteiger partial charge < -0.3 is 0 Å². The first-order valence-corrected chi connectivity index (χ1v) is 6.05. The molecule has 0 bridgehead atoms. The fraction of sp³-hybridized carbons (Fsp3) is 0.308. The number of nitrogens with zero attached hydrogens (tertiary/aromatic N) is 1. The van der Waals surface area contributed by atoms with E-state index in [1.807, 2.05) is 6.20 Å². The Hall–Kier alpha value is -1.15. The minimum Gasteiger partial charge on any atom is -0.244 e. The molecule has 2 rings (SSSR count). The summed E-state index contributed by atoms with van der Waals surface area (Å²) in [7, 11) is 0. The zero-order valence-electron chi connectivity index (χ0n) is 9.37. The van der Waals surface area contributed by atoms with E-state index in [0.29, 0.717) is 0 Å². The standard InChI is InChI=1S/C13H15NS/c1-4-11-6-5-7-12(10(11)3)13-14-8-9(2)15-13/h5-8H,4H2,1-3H3. The highest BCUT2D eigenvalue weighted by Gasteiger charge is 2.07. The lowest BCUT2D eigenvalue weighted by molar-refractivity contribution is 1.11. The normalized spacial score (nSPS) is 10.6. The molecule has 0 fully saturated rings. The van der Waals surface area contributed by atoms with Crippen LogP contribution in [0.3, 0.4) is 0 Å². The molecule has 78 valence electrons. The molecule has 1 aromatic heterocycles. The van der Waals surface area contributed by atoms with Crippen molar-refractivity contribution in [2.45, 2.75) is 27.2 Å². The summed E-state index contributed by atoms with van der Waals surface area (Å²) in [5, 5.41) is 1.14. The van der Waals surface area contributed by atoms with Crippen molar-refractivity contribution in [3.63, 3.8) is 0 Å². The topological polar surface area (TPSA) is 12.9 Å². The van der Waals surface area contributed by atoms with Crippen LogP contribution >= 0.6 is 11.3 Å². The summed E-state index contributed by atoms with van der Waals surface area (Å²) in [6.45, 7) is 6.48. The summed E-state index contributed by atoms with van der Waals surface area (Å²) < 4.78 is 0. The van der Waals surface area contributed by atoms with Crippen molar-refractivity contribution >= 4 is 11.3 Å². The first-order chi connectivity index (χ1) is 7.22. The van der Waals surface area contributed by atoms with Gasteiger partial charge in [-0.15, -0.1) is 11.3 Å². The Labute approximate surface area is 94.8 Å². The smallest absolute Gasteiger partial charge is 0.123 e. The molecule has 2 aromatic rings. The van der Waals surface area contributed by atoms with Gasteiger partial charge >= 0.3 is 0 Å². The van der Waals surface area contributed by atoms with E-state index in [0.717, 1.165) is 11.4 Å². The summed E-state index contributed by atoms with van der Waals surface area (Å²) in [4.78, 5) is 5.71. The first kappa shape index (κ1) is 10.4. The number of rotatable bonds is 2. The van der Waals surface area contributed by atoms with Gasteiger partial charge in [0.15, 0.2) is 0 Å². The van der Waals surface area contributed by atoms with Crippen LogP contribution in [0.4, 0.5) is 0 Å². The van der Waals surface area contributed by atoms with Crippen molar-refractivity contribution in [2.75, 3.05) is 0 Å². The molecular weight excluding hydrogens is 202 g/mol. The first-order valence-electron chi connectivity index (χ1n) is 5.23. The van der Waals surface area contributed by atoms with Gasteiger partial charge in [0.05, 0.1) is 0 Å². The molecular formula is C13H15NS. The predicted octanol–water partition coefficient (Wildman–Crippen LogP) is 3.99. The third kappa shape index (κ3) is 1.95. The van der Waals surface area contributed by atoms with Gasteiger partial charge in [-0.25, -0.2) is 4.98 Å². The number of hydrogen-bond donors (Lipinski definition) is 0. The summed E-state index contributed by atoms with van der Waals surface area (Å²) in [6.07, 6.45) is 3.03. The third-order valence-corrected chi connectivity index (χ3v) is 3.62. The molecule has 0 radical (unpaired) electrons. The van der Waals surface area contributed by atoms with Gasteiger partial charge in [0.25, 0.3) is 0 Å².